The van der Waals surface area contributed by atoms with Crippen molar-refractivity contribution in [2.75, 3.05) is 37.6 Å². The highest BCUT2D eigenvalue weighted by atomic mass is 35.5. The second kappa shape index (κ2) is 9.22. The molecule has 148 valence electrons. The van der Waals surface area contributed by atoms with Crippen molar-refractivity contribution in [3.8, 4) is 0 Å². The van der Waals surface area contributed by atoms with Crippen molar-refractivity contribution in [2.24, 2.45) is 0 Å². The molecule has 3 rings (SSSR count). The molecule has 1 amide bonds. The van der Waals surface area contributed by atoms with E-state index in [2.05, 4.69) is 15.1 Å². The van der Waals surface area contributed by atoms with Crippen molar-refractivity contribution in [3.63, 3.8) is 0 Å². The number of piperazine rings is 1. The minimum Gasteiger partial charge on any atom is -0.369 e. The predicted octanol–water partition coefficient (Wildman–Crippen LogP) is 3.54. The molecular formula is C22H26ClN3O2. The van der Waals surface area contributed by atoms with Crippen LogP contribution in [0.3, 0.4) is 0 Å². The van der Waals surface area contributed by atoms with Gasteiger partial charge in [0.15, 0.2) is 5.78 Å². The van der Waals surface area contributed by atoms with Gasteiger partial charge in [-0.05, 0) is 55.8 Å². The lowest BCUT2D eigenvalue weighted by Gasteiger charge is -2.36. The fraction of sp³-hybridized carbons (Fsp3) is 0.364. The van der Waals surface area contributed by atoms with Crippen LogP contribution in [-0.2, 0) is 4.79 Å². The molecule has 6 heteroatoms. The molecule has 1 aliphatic heterocycles. The maximum absolute atomic E-state index is 12.4. The third kappa shape index (κ3) is 5.33. The van der Waals surface area contributed by atoms with Gasteiger partial charge in [-0.25, -0.2) is 0 Å². The molecule has 1 aliphatic rings. The maximum Gasteiger partial charge on any atom is 0.234 e. The molecule has 0 spiro atoms. The van der Waals surface area contributed by atoms with Crippen molar-refractivity contribution >= 4 is 29.0 Å². The summed E-state index contributed by atoms with van der Waals surface area (Å²) < 4.78 is 0. The third-order valence-corrected chi connectivity index (χ3v) is 5.34. The number of carbonyl (C=O) groups excluding carboxylic acids is 2. The normalized spacial score (nSPS) is 15.9. The average molecular weight is 400 g/mol. The summed E-state index contributed by atoms with van der Waals surface area (Å²) in [5.41, 5.74) is 2.84. The van der Waals surface area contributed by atoms with E-state index in [4.69, 9.17) is 11.6 Å². The Balaban J connectivity index is 1.47. The molecule has 0 aliphatic carbocycles. The second-order valence-corrected chi connectivity index (χ2v) is 7.65. The van der Waals surface area contributed by atoms with Crippen LogP contribution in [0.5, 0.6) is 0 Å². The molecule has 0 aromatic heterocycles. The first-order valence-corrected chi connectivity index (χ1v) is 9.93. The number of Topliss-reactive ketones (excluding diaryl/α,β-unsaturated/α-hetero) is 1. The van der Waals surface area contributed by atoms with Crippen LogP contribution >= 0.6 is 11.6 Å². The molecule has 0 unspecified atom stereocenters. The molecule has 2 aromatic carbocycles. The number of rotatable bonds is 6. The Labute approximate surface area is 171 Å². The zero-order chi connectivity index (χ0) is 20.1. The molecule has 1 saturated heterocycles. The highest BCUT2D eigenvalue weighted by Gasteiger charge is 2.20. The molecule has 1 fully saturated rings. The Bertz CT molecular complexity index is 830. The van der Waals surface area contributed by atoms with Crippen molar-refractivity contribution < 1.29 is 9.59 Å². The first-order valence-electron chi connectivity index (χ1n) is 9.55. The first-order chi connectivity index (χ1) is 13.4. The molecule has 1 heterocycles. The van der Waals surface area contributed by atoms with E-state index in [1.54, 1.807) is 6.92 Å². The predicted molar refractivity (Wildman–Crippen MR) is 113 cm³/mol. The molecule has 2 aromatic rings. The van der Waals surface area contributed by atoms with E-state index in [0.717, 1.165) is 43.0 Å². The maximum atomic E-state index is 12.4. The number of benzene rings is 2. The third-order valence-electron chi connectivity index (χ3n) is 5.10. The van der Waals surface area contributed by atoms with E-state index in [9.17, 15) is 9.59 Å². The van der Waals surface area contributed by atoms with Crippen molar-refractivity contribution in [2.45, 2.75) is 19.9 Å². The Morgan fingerprint density at radius 3 is 2.36 bits per heavy atom. The molecule has 1 N–H and O–H groups in total. The summed E-state index contributed by atoms with van der Waals surface area (Å²) >= 11 is 6.03. The van der Waals surface area contributed by atoms with Gasteiger partial charge < -0.3 is 10.2 Å². The van der Waals surface area contributed by atoms with Crippen molar-refractivity contribution in [1.29, 1.82) is 0 Å². The topological polar surface area (TPSA) is 52.7 Å². The number of carbonyl (C=O) groups is 2. The fourth-order valence-corrected chi connectivity index (χ4v) is 3.62. The highest BCUT2D eigenvalue weighted by molar-refractivity contribution is 6.30. The lowest BCUT2D eigenvalue weighted by Crippen LogP contribution is -2.49. The molecule has 5 nitrogen and oxygen atoms in total. The zero-order valence-corrected chi connectivity index (χ0v) is 17.1. The first kappa shape index (κ1) is 20.4. The standard InChI is InChI=1S/C22H26ClN3O2/c1-16(19-4-3-5-20(23)14-19)24-22(28)15-25-10-12-26(13-11-25)21-8-6-18(7-9-21)17(2)27/h3-9,14,16H,10-13,15H2,1-2H3,(H,24,28)/t16-/m0/s1. The lowest BCUT2D eigenvalue weighted by molar-refractivity contribution is -0.123. The average Bonchev–Trinajstić information content (AvgIpc) is 2.68. The van der Waals surface area contributed by atoms with Crippen LogP contribution in [0.15, 0.2) is 48.5 Å². The number of hydrogen-bond donors (Lipinski definition) is 1. The smallest absolute Gasteiger partial charge is 0.234 e. The molecule has 0 saturated carbocycles. The Hall–Kier alpha value is -2.37. The number of nitrogens with one attached hydrogen (secondary N) is 1. The van der Waals surface area contributed by atoms with Crippen LogP contribution < -0.4 is 10.2 Å². The quantitative estimate of drug-likeness (QED) is 0.755. The van der Waals surface area contributed by atoms with E-state index in [1.165, 1.54) is 0 Å². The summed E-state index contributed by atoms with van der Waals surface area (Å²) in [6.07, 6.45) is 0. The van der Waals surface area contributed by atoms with Crippen molar-refractivity contribution in [3.05, 3.63) is 64.7 Å². The number of halogens is 1. The number of ketones is 1. The van der Waals surface area contributed by atoms with E-state index >= 15 is 0 Å². The Morgan fingerprint density at radius 1 is 1.07 bits per heavy atom. The van der Waals surface area contributed by atoms with Gasteiger partial charge in [0.05, 0.1) is 12.6 Å². The summed E-state index contributed by atoms with van der Waals surface area (Å²) in [6.45, 7) is 7.30. The largest absolute Gasteiger partial charge is 0.369 e. The molecule has 0 bridgehead atoms. The summed E-state index contributed by atoms with van der Waals surface area (Å²) in [7, 11) is 0. The SMILES string of the molecule is CC(=O)c1ccc(N2CCN(CC(=O)N[C@@H](C)c3cccc(Cl)c3)CC2)cc1. The second-order valence-electron chi connectivity index (χ2n) is 7.21. The van der Waals surface area contributed by atoms with E-state index < -0.39 is 0 Å². The molecule has 1 atom stereocenters. The van der Waals surface area contributed by atoms with Gasteiger partial charge in [0.25, 0.3) is 0 Å². The Morgan fingerprint density at radius 2 is 1.75 bits per heavy atom. The monoisotopic (exact) mass is 399 g/mol. The Kier molecular flexibility index (Phi) is 6.70. The van der Waals surface area contributed by atoms with Gasteiger partial charge in [-0.1, -0.05) is 23.7 Å². The van der Waals surface area contributed by atoms with Crippen LogP contribution in [0, 0.1) is 0 Å². The van der Waals surface area contributed by atoms with Gasteiger partial charge in [-0.15, -0.1) is 0 Å². The zero-order valence-electron chi connectivity index (χ0n) is 16.3. The summed E-state index contributed by atoms with van der Waals surface area (Å²) in [5.74, 6) is 0.0983. The van der Waals surface area contributed by atoms with Crippen LogP contribution in [0.25, 0.3) is 0 Å². The minimum absolute atomic E-state index is 0.0201. The van der Waals surface area contributed by atoms with Gasteiger partial charge in [0.1, 0.15) is 0 Å². The van der Waals surface area contributed by atoms with Gasteiger partial charge in [0, 0.05) is 42.5 Å². The van der Waals surface area contributed by atoms with E-state index in [1.807, 2.05) is 55.5 Å². The number of amides is 1. The number of hydrogen-bond acceptors (Lipinski definition) is 4. The van der Waals surface area contributed by atoms with Crippen LogP contribution in [0.1, 0.15) is 35.8 Å². The van der Waals surface area contributed by atoms with E-state index in [0.29, 0.717) is 11.6 Å². The molecular weight excluding hydrogens is 374 g/mol. The van der Waals surface area contributed by atoms with Gasteiger partial charge >= 0.3 is 0 Å². The molecule has 28 heavy (non-hydrogen) atoms. The summed E-state index contributed by atoms with van der Waals surface area (Å²) in [4.78, 5) is 28.3. The highest BCUT2D eigenvalue weighted by Crippen LogP contribution is 2.19. The van der Waals surface area contributed by atoms with Gasteiger partial charge in [-0.3, -0.25) is 14.5 Å². The van der Waals surface area contributed by atoms with Gasteiger partial charge in [-0.2, -0.15) is 0 Å². The summed E-state index contributed by atoms with van der Waals surface area (Å²) in [5, 5.41) is 3.72. The van der Waals surface area contributed by atoms with Crippen molar-refractivity contribution in [1.82, 2.24) is 10.2 Å². The van der Waals surface area contributed by atoms with Crippen LogP contribution in [-0.4, -0.2) is 49.3 Å². The number of anilines is 1. The van der Waals surface area contributed by atoms with Crippen LogP contribution in [0.2, 0.25) is 5.02 Å². The fourth-order valence-electron chi connectivity index (χ4n) is 3.42. The number of nitrogens with zero attached hydrogens (tertiary/aromatic N) is 2. The van der Waals surface area contributed by atoms with E-state index in [-0.39, 0.29) is 17.7 Å². The summed E-state index contributed by atoms with van der Waals surface area (Å²) in [6, 6.07) is 15.2. The molecule has 0 radical (unpaired) electrons. The minimum atomic E-state index is -0.0766. The van der Waals surface area contributed by atoms with Crippen LogP contribution in [0.4, 0.5) is 5.69 Å². The lowest BCUT2D eigenvalue weighted by atomic mass is 10.1. The van der Waals surface area contributed by atoms with Gasteiger partial charge in [0.2, 0.25) is 5.91 Å².